The second-order valence-electron chi connectivity index (χ2n) is 17.0. The van der Waals surface area contributed by atoms with Crippen molar-refractivity contribution >= 4 is 17.9 Å². The second kappa shape index (κ2) is 42.5. The number of carboxylic acid groups (broad SMARTS) is 1. The van der Waals surface area contributed by atoms with Gasteiger partial charge in [-0.25, -0.2) is 0 Å². The number of quaternary nitrogens is 1. The highest BCUT2D eigenvalue weighted by Crippen LogP contribution is 2.14. The molecule has 60 heavy (non-hydrogen) atoms. The summed E-state index contributed by atoms with van der Waals surface area (Å²) in [7, 11) is 5.39. The summed E-state index contributed by atoms with van der Waals surface area (Å²) < 4.78 is 17.2. The van der Waals surface area contributed by atoms with Crippen molar-refractivity contribution < 1.29 is 38.2 Å². The lowest BCUT2D eigenvalue weighted by atomic mass is 10.1. The van der Waals surface area contributed by atoms with Gasteiger partial charge in [-0.3, -0.25) is 9.59 Å². The van der Waals surface area contributed by atoms with Gasteiger partial charge in [0.25, 0.3) is 0 Å². The molecule has 2 atom stereocenters. The maximum Gasteiger partial charge on any atom is 0.306 e. The molecule has 0 fully saturated rings. The molecule has 0 saturated carbocycles. The molecule has 8 nitrogen and oxygen atoms in total. The molecule has 344 valence electrons. The molecule has 0 rings (SSSR count). The summed E-state index contributed by atoms with van der Waals surface area (Å²) in [6.45, 7) is 4.49. The van der Waals surface area contributed by atoms with E-state index in [1.54, 1.807) is 21.1 Å². The minimum absolute atomic E-state index is 0.0259. The van der Waals surface area contributed by atoms with Crippen molar-refractivity contribution in [2.45, 2.75) is 199 Å². The van der Waals surface area contributed by atoms with Crippen molar-refractivity contribution in [1.82, 2.24) is 0 Å². The van der Waals surface area contributed by atoms with Crippen LogP contribution >= 0.6 is 0 Å². The normalized spacial score (nSPS) is 13.6. The van der Waals surface area contributed by atoms with E-state index >= 15 is 0 Å². The largest absolute Gasteiger partial charge is 0.544 e. The smallest absolute Gasteiger partial charge is 0.306 e. The zero-order valence-electron chi connectivity index (χ0n) is 39.1. The first-order valence-corrected chi connectivity index (χ1v) is 24.0. The number of rotatable bonds is 42. The van der Waals surface area contributed by atoms with Crippen LogP contribution in [0.2, 0.25) is 0 Å². The zero-order chi connectivity index (χ0) is 44.2. The molecule has 0 aromatic heterocycles. The third-order valence-corrected chi connectivity index (χ3v) is 10.4. The summed E-state index contributed by atoms with van der Waals surface area (Å²) in [4.78, 5) is 36.9. The summed E-state index contributed by atoms with van der Waals surface area (Å²) in [5.74, 6) is -1.78. The number of unbranched alkanes of at least 4 members (excludes halogenated alkanes) is 17. The van der Waals surface area contributed by atoms with Crippen LogP contribution in [0.4, 0.5) is 0 Å². The van der Waals surface area contributed by atoms with E-state index in [-0.39, 0.29) is 42.7 Å². The van der Waals surface area contributed by atoms with Gasteiger partial charge in [-0.1, -0.05) is 164 Å². The number of allylic oxidation sites excluding steroid dienone is 12. The Morgan fingerprint density at radius 3 is 1.50 bits per heavy atom. The Hall–Kier alpha value is -3.23. The average Bonchev–Trinajstić information content (AvgIpc) is 3.21. The lowest BCUT2D eigenvalue weighted by Gasteiger charge is -2.34. The summed E-state index contributed by atoms with van der Waals surface area (Å²) in [6, 6.07) is -0.735. The van der Waals surface area contributed by atoms with Crippen molar-refractivity contribution in [1.29, 1.82) is 0 Å². The van der Waals surface area contributed by atoms with Gasteiger partial charge in [0.05, 0.1) is 40.3 Å². The van der Waals surface area contributed by atoms with Crippen LogP contribution in [0.1, 0.15) is 187 Å². The van der Waals surface area contributed by atoms with Gasteiger partial charge in [-0.05, 0) is 77.0 Å². The molecule has 0 aliphatic rings. The summed E-state index contributed by atoms with van der Waals surface area (Å²) in [6.07, 6.45) is 53.5. The summed E-state index contributed by atoms with van der Waals surface area (Å²) >= 11 is 0. The molecule has 0 bridgehead atoms. The second-order valence-corrected chi connectivity index (χ2v) is 17.0. The Bertz CT molecular complexity index is 1210. The minimum atomic E-state index is -1.13. The monoisotopic (exact) mass is 840 g/mol. The molecule has 0 aromatic carbocycles. The number of ether oxygens (including phenoxy) is 3. The number of carbonyl (C=O) groups is 3. The molecule has 0 N–H and O–H groups in total. The quantitative estimate of drug-likeness (QED) is 0.0198. The summed E-state index contributed by atoms with van der Waals surface area (Å²) in [5, 5.41) is 11.6. The Kier molecular flexibility index (Phi) is 40.2. The number of carbonyl (C=O) groups excluding carboxylic acids is 3. The Morgan fingerprint density at radius 2 is 0.983 bits per heavy atom. The fraction of sp³-hybridized carbons (Fsp3) is 0.712. The molecular formula is C52H89NO7. The number of hydrogen-bond acceptors (Lipinski definition) is 7. The first kappa shape index (κ1) is 56.8. The van der Waals surface area contributed by atoms with Crippen LogP contribution in [0.5, 0.6) is 0 Å². The standard InChI is InChI=1S/C52H89NO7/c1-6-8-10-12-14-16-18-20-22-24-25-26-27-29-31-33-35-37-39-41-43-51(55)60-48(46-58-45-44-49(52(56)57)53(3,4)5)47-59-50(54)42-40-38-36-34-32-30-28-23-21-19-17-15-13-11-9-7-2/h9,11,15-18,20-23,30,32,48-49H,6-8,10,12-14,19,24-29,31,33-47H2,1-5H3/b11-9+,17-15+,18-16+,22-20+,23-21+,32-30+. The first-order valence-electron chi connectivity index (χ1n) is 24.0. The van der Waals surface area contributed by atoms with E-state index in [4.69, 9.17) is 14.2 Å². The van der Waals surface area contributed by atoms with Crippen molar-refractivity contribution in [2.75, 3.05) is 41.0 Å². The van der Waals surface area contributed by atoms with Crippen LogP contribution in [-0.2, 0) is 28.6 Å². The maximum atomic E-state index is 12.8. The number of esters is 2. The topological polar surface area (TPSA) is 102 Å². The number of carboxylic acids is 1. The van der Waals surface area contributed by atoms with E-state index in [0.29, 0.717) is 12.8 Å². The molecule has 0 saturated heterocycles. The Balaban J connectivity index is 4.35. The molecule has 0 spiro atoms. The van der Waals surface area contributed by atoms with E-state index in [9.17, 15) is 19.5 Å². The van der Waals surface area contributed by atoms with E-state index in [1.165, 1.54) is 77.0 Å². The van der Waals surface area contributed by atoms with Gasteiger partial charge in [0.2, 0.25) is 0 Å². The molecule has 8 heteroatoms. The maximum absolute atomic E-state index is 12.8. The van der Waals surface area contributed by atoms with Gasteiger partial charge in [0.15, 0.2) is 6.10 Å². The predicted octanol–water partition coefficient (Wildman–Crippen LogP) is 12.2. The molecule has 2 unspecified atom stereocenters. The number of likely N-dealkylation sites (N-methyl/N-ethyl adjacent to an activating group) is 1. The average molecular weight is 840 g/mol. The molecule has 0 aliphatic carbocycles. The van der Waals surface area contributed by atoms with E-state index < -0.39 is 18.1 Å². The fourth-order valence-electron chi connectivity index (χ4n) is 6.64. The van der Waals surface area contributed by atoms with Crippen LogP contribution < -0.4 is 5.11 Å². The van der Waals surface area contributed by atoms with Crippen LogP contribution in [-0.4, -0.2) is 75.5 Å². The lowest BCUT2D eigenvalue weighted by molar-refractivity contribution is -0.889. The fourth-order valence-corrected chi connectivity index (χ4v) is 6.64. The molecule has 0 heterocycles. The number of aliphatic carboxylic acids is 1. The van der Waals surface area contributed by atoms with Gasteiger partial charge in [-0.15, -0.1) is 0 Å². The SMILES string of the molecule is CC/C=C/C/C=C/C/C=C/C/C=C/CCCCCC(=O)OCC(COCCC(C(=O)[O-])[N+](C)(C)C)OC(=O)CCCCCCCCCCCC/C=C/C=C/CCCCCC. The minimum Gasteiger partial charge on any atom is -0.544 e. The Labute approximate surface area is 368 Å². The molecule has 0 aromatic rings. The predicted molar refractivity (Wildman–Crippen MR) is 249 cm³/mol. The van der Waals surface area contributed by atoms with Crippen molar-refractivity contribution in [3.05, 3.63) is 72.9 Å². The van der Waals surface area contributed by atoms with E-state index in [0.717, 1.165) is 77.0 Å². The van der Waals surface area contributed by atoms with Crippen LogP contribution in [0, 0.1) is 0 Å². The van der Waals surface area contributed by atoms with Gasteiger partial charge < -0.3 is 28.6 Å². The van der Waals surface area contributed by atoms with Crippen LogP contribution in [0.15, 0.2) is 72.9 Å². The lowest BCUT2D eigenvalue weighted by Crippen LogP contribution is -2.55. The van der Waals surface area contributed by atoms with Gasteiger partial charge in [-0.2, -0.15) is 0 Å². The third kappa shape index (κ3) is 40.2. The highest BCUT2D eigenvalue weighted by molar-refractivity contribution is 5.70. The third-order valence-electron chi connectivity index (χ3n) is 10.4. The van der Waals surface area contributed by atoms with Crippen molar-refractivity contribution in [3.63, 3.8) is 0 Å². The van der Waals surface area contributed by atoms with Crippen molar-refractivity contribution in [2.24, 2.45) is 0 Å². The van der Waals surface area contributed by atoms with E-state index in [1.807, 2.05) is 0 Å². The molecular weight excluding hydrogens is 751 g/mol. The Morgan fingerprint density at radius 1 is 0.533 bits per heavy atom. The highest BCUT2D eigenvalue weighted by atomic mass is 16.6. The molecule has 0 amide bonds. The first-order chi connectivity index (χ1) is 29.1. The highest BCUT2D eigenvalue weighted by Gasteiger charge is 2.25. The zero-order valence-corrected chi connectivity index (χ0v) is 39.1. The summed E-state index contributed by atoms with van der Waals surface area (Å²) in [5.41, 5.74) is 0. The van der Waals surface area contributed by atoms with Crippen molar-refractivity contribution in [3.8, 4) is 0 Å². The van der Waals surface area contributed by atoms with Crippen LogP contribution in [0.3, 0.4) is 0 Å². The van der Waals surface area contributed by atoms with E-state index in [2.05, 4.69) is 86.8 Å². The number of hydrogen-bond donors (Lipinski definition) is 0. The molecule has 0 radical (unpaired) electrons. The molecule has 0 aliphatic heterocycles. The van der Waals surface area contributed by atoms with Gasteiger partial charge >= 0.3 is 11.9 Å². The van der Waals surface area contributed by atoms with Gasteiger partial charge in [0, 0.05) is 19.3 Å². The number of nitrogens with zero attached hydrogens (tertiary/aromatic N) is 1. The van der Waals surface area contributed by atoms with Gasteiger partial charge in [0.1, 0.15) is 12.6 Å². The van der Waals surface area contributed by atoms with Crippen LogP contribution in [0.25, 0.3) is 0 Å².